The first-order chi connectivity index (χ1) is 14.1. The average Bonchev–Trinajstić information content (AvgIpc) is 2.70. The molecule has 0 spiro atoms. The fourth-order valence-corrected chi connectivity index (χ4v) is 3.07. The molecule has 1 N–H and O–H groups in total. The minimum atomic E-state index is -0.193. The SMILES string of the molecule is CC(C)Nc1ccc(/C=C/c2ccc(C(C)(C)/C=C/C(C)(C)COC=O)cc2)cc1. The third kappa shape index (κ3) is 7.55. The van der Waals surface area contributed by atoms with E-state index < -0.39 is 0 Å². The zero-order valence-electron chi connectivity index (χ0n) is 19.1. The van der Waals surface area contributed by atoms with Gasteiger partial charge in [-0.3, -0.25) is 4.79 Å². The Bertz CT molecular complexity index is 857. The summed E-state index contributed by atoms with van der Waals surface area (Å²) in [4.78, 5) is 10.4. The Labute approximate surface area is 181 Å². The first-order valence-corrected chi connectivity index (χ1v) is 10.5. The van der Waals surface area contributed by atoms with Gasteiger partial charge in [-0.25, -0.2) is 0 Å². The van der Waals surface area contributed by atoms with Gasteiger partial charge in [-0.1, -0.05) is 88.4 Å². The van der Waals surface area contributed by atoms with Gasteiger partial charge in [0.2, 0.25) is 0 Å². The summed E-state index contributed by atoms with van der Waals surface area (Å²) in [7, 11) is 0. The number of carbonyl (C=O) groups excluding carboxylic acids is 1. The van der Waals surface area contributed by atoms with Gasteiger partial charge in [0.25, 0.3) is 6.47 Å². The van der Waals surface area contributed by atoms with Crippen LogP contribution in [0.4, 0.5) is 5.69 Å². The molecule has 0 aliphatic heterocycles. The number of hydrogen-bond donors (Lipinski definition) is 1. The highest BCUT2D eigenvalue weighted by Crippen LogP contribution is 2.28. The average molecular weight is 406 g/mol. The number of ether oxygens (including phenoxy) is 1. The molecule has 0 radical (unpaired) electrons. The zero-order valence-corrected chi connectivity index (χ0v) is 19.1. The Morgan fingerprint density at radius 2 is 1.40 bits per heavy atom. The molecule has 0 bridgehead atoms. The first-order valence-electron chi connectivity index (χ1n) is 10.5. The van der Waals surface area contributed by atoms with Gasteiger partial charge in [0.1, 0.15) is 0 Å². The standard InChI is InChI=1S/C27H35NO2/c1-21(2)28-25-15-11-23(12-16-25)8-7-22-9-13-24(14-10-22)27(5,6)18-17-26(3,4)19-30-20-29/h7-18,20-21,28H,19H2,1-6H3/b8-7+,18-17+. The van der Waals surface area contributed by atoms with Gasteiger partial charge in [-0.05, 0) is 42.7 Å². The topological polar surface area (TPSA) is 38.3 Å². The molecule has 3 heteroatoms. The Morgan fingerprint density at radius 1 is 0.867 bits per heavy atom. The maximum absolute atomic E-state index is 10.4. The van der Waals surface area contributed by atoms with Crippen LogP contribution in [0.15, 0.2) is 60.7 Å². The molecule has 2 aromatic carbocycles. The van der Waals surface area contributed by atoms with Gasteiger partial charge in [0.15, 0.2) is 0 Å². The molecule has 0 aliphatic carbocycles. The van der Waals surface area contributed by atoms with Crippen molar-refractivity contribution < 1.29 is 9.53 Å². The number of benzene rings is 2. The van der Waals surface area contributed by atoms with Gasteiger partial charge >= 0.3 is 0 Å². The Kier molecular flexibility index (Phi) is 8.05. The lowest BCUT2D eigenvalue weighted by atomic mass is 9.81. The molecule has 0 heterocycles. The van der Waals surface area contributed by atoms with Crippen molar-refractivity contribution in [1.29, 1.82) is 0 Å². The number of rotatable bonds is 10. The van der Waals surface area contributed by atoms with E-state index in [9.17, 15) is 4.79 Å². The summed E-state index contributed by atoms with van der Waals surface area (Å²) < 4.78 is 4.93. The quantitative estimate of drug-likeness (QED) is 0.271. The highest BCUT2D eigenvalue weighted by atomic mass is 16.5. The number of nitrogens with one attached hydrogen (secondary N) is 1. The maximum atomic E-state index is 10.4. The molecule has 0 amide bonds. The molecular weight excluding hydrogens is 370 g/mol. The third-order valence-corrected chi connectivity index (χ3v) is 4.96. The number of anilines is 1. The highest BCUT2D eigenvalue weighted by molar-refractivity contribution is 5.70. The van der Waals surface area contributed by atoms with Crippen molar-refractivity contribution in [1.82, 2.24) is 0 Å². The first kappa shape index (κ1) is 23.5. The van der Waals surface area contributed by atoms with Crippen LogP contribution in [0.25, 0.3) is 12.2 Å². The van der Waals surface area contributed by atoms with Gasteiger partial charge < -0.3 is 10.1 Å². The number of carbonyl (C=O) groups is 1. The molecule has 160 valence electrons. The van der Waals surface area contributed by atoms with Crippen molar-refractivity contribution in [3.8, 4) is 0 Å². The largest absolute Gasteiger partial charge is 0.467 e. The van der Waals surface area contributed by atoms with Crippen LogP contribution in [0.3, 0.4) is 0 Å². The highest BCUT2D eigenvalue weighted by Gasteiger charge is 2.20. The monoisotopic (exact) mass is 405 g/mol. The van der Waals surface area contributed by atoms with Crippen LogP contribution < -0.4 is 5.32 Å². The molecule has 0 unspecified atom stereocenters. The van der Waals surface area contributed by atoms with E-state index in [1.807, 2.05) is 0 Å². The predicted molar refractivity (Wildman–Crippen MR) is 129 cm³/mol. The van der Waals surface area contributed by atoms with Crippen molar-refractivity contribution in [2.45, 2.75) is 53.0 Å². The summed E-state index contributed by atoms with van der Waals surface area (Å²) >= 11 is 0. The molecule has 2 rings (SSSR count). The molecule has 0 fully saturated rings. The zero-order chi connectivity index (χ0) is 22.2. The van der Waals surface area contributed by atoms with E-state index in [-0.39, 0.29) is 10.8 Å². The van der Waals surface area contributed by atoms with Crippen molar-refractivity contribution in [3.05, 3.63) is 77.4 Å². The van der Waals surface area contributed by atoms with Gasteiger partial charge in [0, 0.05) is 22.6 Å². The normalized spacial score (nSPS) is 12.6. The van der Waals surface area contributed by atoms with Gasteiger partial charge in [-0.15, -0.1) is 0 Å². The van der Waals surface area contributed by atoms with Crippen molar-refractivity contribution in [2.75, 3.05) is 11.9 Å². The van der Waals surface area contributed by atoms with E-state index in [1.165, 1.54) is 16.7 Å². The van der Waals surface area contributed by atoms with Crippen LogP contribution in [-0.2, 0) is 14.9 Å². The Morgan fingerprint density at radius 3 is 1.90 bits per heavy atom. The van der Waals surface area contributed by atoms with Crippen molar-refractivity contribution in [2.24, 2.45) is 5.41 Å². The van der Waals surface area contributed by atoms with E-state index in [1.54, 1.807) is 0 Å². The van der Waals surface area contributed by atoms with Crippen LogP contribution in [0.1, 0.15) is 58.2 Å². The van der Waals surface area contributed by atoms with E-state index >= 15 is 0 Å². The molecule has 0 aliphatic rings. The summed E-state index contributed by atoms with van der Waals surface area (Å²) in [6.45, 7) is 13.7. The molecule has 0 atom stereocenters. The lowest BCUT2D eigenvalue weighted by molar-refractivity contribution is -0.130. The molecular formula is C27H35NO2. The Balaban J connectivity index is 2.04. The summed E-state index contributed by atoms with van der Waals surface area (Å²) in [5.74, 6) is 0. The smallest absolute Gasteiger partial charge is 0.293 e. The summed E-state index contributed by atoms with van der Waals surface area (Å²) in [6, 6.07) is 17.5. The summed E-state index contributed by atoms with van der Waals surface area (Å²) in [6.07, 6.45) is 8.59. The van der Waals surface area contributed by atoms with Crippen LogP contribution in [0, 0.1) is 5.41 Å². The molecule has 3 nitrogen and oxygen atoms in total. The molecule has 2 aromatic rings. The third-order valence-electron chi connectivity index (χ3n) is 4.96. The van der Waals surface area contributed by atoms with Crippen molar-refractivity contribution in [3.63, 3.8) is 0 Å². The number of hydrogen-bond acceptors (Lipinski definition) is 3. The van der Waals surface area contributed by atoms with Crippen molar-refractivity contribution >= 4 is 24.3 Å². The summed E-state index contributed by atoms with van der Waals surface area (Å²) in [5.41, 5.74) is 4.43. The fraction of sp³-hybridized carbons (Fsp3) is 0.370. The fourth-order valence-electron chi connectivity index (χ4n) is 3.07. The Hall–Kier alpha value is -2.81. The van der Waals surface area contributed by atoms with Gasteiger partial charge in [0.05, 0.1) is 6.61 Å². The van der Waals surface area contributed by atoms with E-state index in [0.717, 1.165) is 5.69 Å². The number of allylic oxidation sites excluding steroid dienone is 1. The predicted octanol–water partition coefficient (Wildman–Crippen LogP) is 6.71. The molecule has 0 saturated carbocycles. The second-order valence-corrected chi connectivity index (χ2v) is 9.33. The second-order valence-electron chi connectivity index (χ2n) is 9.33. The van der Waals surface area contributed by atoms with E-state index in [0.29, 0.717) is 19.1 Å². The maximum Gasteiger partial charge on any atom is 0.293 e. The lowest BCUT2D eigenvalue weighted by Crippen LogP contribution is -2.19. The second kappa shape index (κ2) is 10.3. The van der Waals surface area contributed by atoms with Crippen LogP contribution in [-0.4, -0.2) is 19.1 Å². The molecule has 0 aromatic heterocycles. The van der Waals surface area contributed by atoms with E-state index in [2.05, 4.69) is 120 Å². The minimum absolute atomic E-state index is 0.111. The summed E-state index contributed by atoms with van der Waals surface area (Å²) in [5, 5.41) is 3.40. The minimum Gasteiger partial charge on any atom is -0.467 e. The van der Waals surface area contributed by atoms with Gasteiger partial charge in [-0.2, -0.15) is 0 Å². The van der Waals surface area contributed by atoms with Crippen LogP contribution in [0.5, 0.6) is 0 Å². The molecule has 0 saturated heterocycles. The lowest BCUT2D eigenvalue weighted by Gasteiger charge is -2.25. The van der Waals surface area contributed by atoms with Crippen LogP contribution in [0.2, 0.25) is 0 Å². The molecule has 30 heavy (non-hydrogen) atoms. The van der Waals surface area contributed by atoms with E-state index in [4.69, 9.17) is 4.74 Å². The van der Waals surface area contributed by atoms with Crippen LogP contribution >= 0.6 is 0 Å².